The number of hydrogen-bond acceptors (Lipinski definition) is 11. The van der Waals surface area contributed by atoms with Crippen molar-refractivity contribution in [2.75, 3.05) is 39.9 Å². The van der Waals surface area contributed by atoms with Gasteiger partial charge in [-0.15, -0.1) is 0 Å². The van der Waals surface area contributed by atoms with Crippen LogP contribution < -0.4 is 23.0 Å². The van der Waals surface area contributed by atoms with Gasteiger partial charge in [0.1, 0.15) is 11.3 Å². The van der Waals surface area contributed by atoms with Crippen molar-refractivity contribution in [1.82, 2.24) is 15.2 Å². The summed E-state index contributed by atoms with van der Waals surface area (Å²) in [5.41, 5.74) is 6.89. The van der Waals surface area contributed by atoms with Crippen molar-refractivity contribution in [1.29, 1.82) is 10.5 Å². The number of amides is 3. The van der Waals surface area contributed by atoms with Gasteiger partial charge in [-0.25, -0.2) is 19.4 Å². The average molecular weight is 993 g/mol. The van der Waals surface area contributed by atoms with Crippen LogP contribution in [0.4, 0.5) is 8.78 Å². The van der Waals surface area contributed by atoms with Gasteiger partial charge in [0.2, 0.25) is 0 Å². The van der Waals surface area contributed by atoms with E-state index in [4.69, 9.17) is 26.2 Å². The van der Waals surface area contributed by atoms with Gasteiger partial charge in [0, 0.05) is 75.2 Å². The highest BCUT2D eigenvalue weighted by Crippen LogP contribution is 2.43. The van der Waals surface area contributed by atoms with Gasteiger partial charge in [-0.05, 0) is 127 Å². The zero-order valence-corrected chi connectivity index (χ0v) is 41.9. The third kappa shape index (κ3) is 13.1. The number of carbonyl (C=O) groups excluding carboxylic acids is 4. The van der Waals surface area contributed by atoms with Gasteiger partial charge in [-0.1, -0.05) is 63.1 Å². The van der Waals surface area contributed by atoms with E-state index in [1.54, 1.807) is 77.4 Å². The molecule has 4 aromatic carbocycles. The Kier molecular flexibility index (Phi) is 21.5. The molecule has 386 valence electrons. The highest BCUT2D eigenvalue weighted by Gasteiger charge is 2.40. The van der Waals surface area contributed by atoms with Crippen molar-refractivity contribution in [3.8, 4) is 12.1 Å². The van der Waals surface area contributed by atoms with Gasteiger partial charge >= 0.3 is 5.97 Å². The number of nitrogens with one attached hydrogen (secondary N) is 1. The van der Waals surface area contributed by atoms with Crippen LogP contribution in [0.2, 0.25) is 0 Å². The second kappa shape index (κ2) is 26.7. The lowest BCUT2D eigenvalue weighted by Crippen LogP contribution is -2.43. The number of carbonyl (C=O) groups is 4. The van der Waals surface area contributed by atoms with E-state index in [1.807, 2.05) is 38.1 Å². The van der Waals surface area contributed by atoms with Crippen LogP contribution in [-0.4, -0.2) is 84.0 Å². The number of halogens is 2. The zero-order chi connectivity index (χ0) is 51.9. The van der Waals surface area contributed by atoms with Gasteiger partial charge in [0.25, 0.3) is 17.7 Å². The number of ether oxygens (including phenoxy) is 1. The molecule has 10 N–H and O–H groups in total. The molecular weight excluding hydrogens is 923 g/mol. The van der Waals surface area contributed by atoms with Crippen LogP contribution in [0.3, 0.4) is 0 Å². The summed E-state index contributed by atoms with van der Waals surface area (Å²) in [5.74, 6) is 12.9. The average Bonchev–Trinajstić information content (AvgIpc) is 3.38. The standard InChI is InChI=1S/C27H29FN2O3.C26H29FN4O2.C2H6O.H4N2.H2O/c1-3-19-15-22(20-5-4-6-20)24(26(32)33-2)16-23(19)25(31)30-13-11-27(28,12-14-30)21-9-7-18(17-29)8-10-21;1-2-18-14-21(19-4-3-5-19)23(24(32)30-29)15-22(18)25(33)31-12-10-26(27,11-13-31)20-8-6-17(16-28)7-9-20;1-2-3;1-2;/h7-10,15-16,20H,3-6,11-14H2,1-2H3;6-9,14-15,19H,2-5,10-13,29H2,1H3,(H,30,32);3H,2H2,1H3;1-2H2;1H2. The Morgan fingerprint density at radius 3 is 1.31 bits per heavy atom. The fourth-order valence-corrected chi connectivity index (χ4v) is 9.72. The van der Waals surface area contributed by atoms with Crippen molar-refractivity contribution >= 4 is 23.7 Å². The van der Waals surface area contributed by atoms with Crippen molar-refractivity contribution in [2.24, 2.45) is 17.5 Å². The molecule has 2 saturated carbocycles. The number of nitrogens with two attached hydrogens (primary N) is 3. The van der Waals surface area contributed by atoms with Crippen LogP contribution in [-0.2, 0) is 28.9 Å². The molecule has 2 saturated heterocycles. The van der Waals surface area contributed by atoms with Crippen LogP contribution >= 0.6 is 0 Å². The third-order valence-corrected chi connectivity index (χ3v) is 14.4. The molecule has 0 spiro atoms. The first-order valence-electron chi connectivity index (χ1n) is 24.6. The number of piperidine rings is 2. The van der Waals surface area contributed by atoms with Gasteiger partial charge in [0.15, 0.2) is 0 Å². The summed E-state index contributed by atoms with van der Waals surface area (Å²) in [7, 11) is 1.36. The Morgan fingerprint density at radius 1 is 0.667 bits per heavy atom. The number of aliphatic hydroxyl groups is 1. The van der Waals surface area contributed by atoms with E-state index in [0.717, 1.165) is 60.8 Å². The van der Waals surface area contributed by atoms with Gasteiger partial charge in [-0.2, -0.15) is 10.5 Å². The summed E-state index contributed by atoms with van der Waals surface area (Å²) in [5, 5.41) is 25.5. The minimum absolute atomic E-state index is 0. The van der Waals surface area contributed by atoms with Crippen LogP contribution in [0.15, 0.2) is 72.8 Å². The Labute approximate surface area is 421 Å². The molecule has 0 unspecified atom stereocenters. The number of rotatable bonds is 10. The van der Waals surface area contributed by atoms with Crippen molar-refractivity contribution in [3.63, 3.8) is 0 Å². The van der Waals surface area contributed by atoms with Crippen molar-refractivity contribution in [3.05, 3.63) is 140 Å². The number of hydrogen-bond donors (Lipinski definition) is 5. The second-order valence-corrected chi connectivity index (χ2v) is 18.3. The second-order valence-electron chi connectivity index (χ2n) is 18.3. The van der Waals surface area contributed by atoms with Crippen LogP contribution in [0, 0.1) is 22.7 Å². The number of alkyl halides is 2. The molecule has 0 aromatic heterocycles. The Balaban J connectivity index is 0.000000283. The molecule has 2 heterocycles. The van der Waals surface area contributed by atoms with E-state index in [-0.39, 0.29) is 75.8 Å². The zero-order valence-electron chi connectivity index (χ0n) is 41.9. The lowest BCUT2D eigenvalue weighted by molar-refractivity contribution is 0.0411. The molecule has 0 radical (unpaired) electrons. The monoisotopic (exact) mass is 993 g/mol. The molecule has 3 amide bonds. The maximum atomic E-state index is 15.6. The lowest BCUT2D eigenvalue weighted by atomic mass is 9.76. The number of aliphatic hydroxyl groups excluding tert-OH is 1. The smallest absolute Gasteiger partial charge is 0.338 e. The van der Waals surface area contributed by atoms with Gasteiger partial charge in [0.05, 0.1) is 35.9 Å². The number of likely N-dealkylation sites (tertiary alicyclic amines) is 2. The number of esters is 1. The molecule has 0 bridgehead atoms. The Bertz CT molecular complexity index is 2400. The fourth-order valence-electron chi connectivity index (χ4n) is 9.72. The van der Waals surface area contributed by atoms with Crippen LogP contribution in [0.25, 0.3) is 0 Å². The molecular formula is C55H70F2N8O7. The lowest BCUT2D eigenvalue weighted by Gasteiger charge is -2.37. The van der Waals surface area contributed by atoms with Gasteiger partial charge < -0.3 is 25.1 Å². The maximum Gasteiger partial charge on any atom is 0.338 e. The minimum atomic E-state index is -1.53. The SMILES string of the molecule is CCO.CCc1cc(C2CCC2)c(C(=O)NN)cc1C(=O)N1CCC(F)(c2ccc(C#N)cc2)CC1.CCc1cc(C2CCC2)c(C(=O)OC)cc1C(=O)N1CCC(F)(c2ccc(C#N)cc2)CC1.NN.O. The molecule has 8 rings (SSSR count). The maximum absolute atomic E-state index is 15.6. The molecule has 17 heteroatoms. The number of methoxy groups -OCH3 is 1. The number of aryl methyl sites for hydroxylation is 2. The minimum Gasteiger partial charge on any atom is -0.465 e. The topological polar surface area (TPSA) is 273 Å². The number of hydrazine groups is 2. The Morgan fingerprint density at radius 2 is 1.01 bits per heavy atom. The van der Waals surface area contributed by atoms with Crippen LogP contribution in [0.5, 0.6) is 0 Å². The van der Waals surface area contributed by atoms with E-state index in [9.17, 15) is 19.2 Å². The summed E-state index contributed by atoms with van der Waals surface area (Å²) >= 11 is 0. The van der Waals surface area contributed by atoms with E-state index in [1.165, 1.54) is 7.11 Å². The van der Waals surface area contributed by atoms with Crippen molar-refractivity contribution in [2.45, 2.75) is 121 Å². The largest absolute Gasteiger partial charge is 0.465 e. The van der Waals surface area contributed by atoms with Crippen LogP contribution in [0.1, 0.15) is 183 Å². The molecule has 0 atom stereocenters. The first-order valence-corrected chi connectivity index (χ1v) is 24.6. The molecule has 4 fully saturated rings. The molecule has 15 nitrogen and oxygen atoms in total. The van der Waals surface area contributed by atoms with E-state index in [0.29, 0.717) is 69.2 Å². The van der Waals surface area contributed by atoms with E-state index in [2.05, 4.69) is 17.1 Å². The first kappa shape index (κ1) is 58.0. The van der Waals surface area contributed by atoms with E-state index >= 15 is 8.78 Å². The number of nitriles is 2. The fraction of sp³-hybridized carbons (Fsp3) is 0.455. The quantitative estimate of drug-likeness (QED) is 0.0453. The summed E-state index contributed by atoms with van der Waals surface area (Å²) in [6.07, 6.45) is 8.51. The highest BCUT2D eigenvalue weighted by atomic mass is 19.1. The normalized spacial score (nSPS) is 16.6. The Hall–Kier alpha value is -6.60. The number of nitrogen functional groups attached to an aromatic ring is 1. The molecule has 4 aromatic rings. The first-order chi connectivity index (χ1) is 34.2. The van der Waals surface area contributed by atoms with Gasteiger partial charge in [-0.3, -0.25) is 31.5 Å². The number of nitrogens with zero attached hydrogens (tertiary/aromatic N) is 4. The third-order valence-electron chi connectivity index (χ3n) is 14.4. The molecule has 2 aliphatic carbocycles. The molecule has 2 aliphatic heterocycles. The van der Waals surface area contributed by atoms with Crippen molar-refractivity contribution < 1.29 is 43.3 Å². The summed E-state index contributed by atoms with van der Waals surface area (Å²) in [6.45, 7) is 7.06. The summed E-state index contributed by atoms with van der Waals surface area (Å²) < 4.78 is 36.3. The highest BCUT2D eigenvalue weighted by molar-refractivity contribution is 6.02. The predicted octanol–water partition coefficient (Wildman–Crippen LogP) is 7.36. The molecule has 72 heavy (non-hydrogen) atoms. The molecule has 4 aliphatic rings. The summed E-state index contributed by atoms with van der Waals surface area (Å²) in [4.78, 5) is 55.2. The summed E-state index contributed by atoms with van der Waals surface area (Å²) in [6, 6.07) is 24.6. The number of benzene rings is 4. The van der Waals surface area contributed by atoms with E-state index < -0.39 is 23.2 Å². The predicted molar refractivity (Wildman–Crippen MR) is 271 cm³/mol.